The van der Waals surface area contributed by atoms with Crippen molar-refractivity contribution in [3.05, 3.63) is 11.7 Å². The van der Waals surface area contributed by atoms with Crippen LogP contribution in [-0.4, -0.2) is 23.2 Å². The molecule has 0 saturated heterocycles. The van der Waals surface area contributed by atoms with Crippen LogP contribution in [0.2, 0.25) is 0 Å². The van der Waals surface area contributed by atoms with Gasteiger partial charge in [0.2, 0.25) is 5.89 Å². The normalized spacial score (nSPS) is 15.7. The standard InChI is InChI=1S/C9H17N3O/c1-5-8(10-4)6(2)9-11-7(3)12-13-9/h6,8,10H,5H2,1-4H3. The first-order chi connectivity index (χ1) is 6.19. The second kappa shape index (κ2) is 4.37. The summed E-state index contributed by atoms with van der Waals surface area (Å²) in [5, 5.41) is 7.01. The second-order valence-electron chi connectivity index (χ2n) is 3.27. The van der Waals surface area contributed by atoms with E-state index in [0.717, 1.165) is 12.3 Å². The van der Waals surface area contributed by atoms with Crippen LogP contribution in [0.25, 0.3) is 0 Å². The van der Waals surface area contributed by atoms with Gasteiger partial charge in [-0.05, 0) is 20.4 Å². The molecule has 0 aliphatic carbocycles. The first kappa shape index (κ1) is 10.2. The summed E-state index contributed by atoms with van der Waals surface area (Å²) in [6.07, 6.45) is 1.05. The fourth-order valence-electron chi connectivity index (χ4n) is 1.48. The Bertz CT molecular complexity index is 255. The van der Waals surface area contributed by atoms with Gasteiger partial charge in [0.25, 0.3) is 0 Å². The zero-order valence-electron chi connectivity index (χ0n) is 8.66. The summed E-state index contributed by atoms with van der Waals surface area (Å²) >= 11 is 0. The maximum absolute atomic E-state index is 5.11. The lowest BCUT2D eigenvalue weighted by Gasteiger charge is -2.18. The van der Waals surface area contributed by atoms with Gasteiger partial charge in [0.15, 0.2) is 5.82 Å². The lowest BCUT2D eigenvalue weighted by atomic mass is 10.00. The van der Waals surface area contributed by atoms with Crippen LogP contribution in [0, 0.1) is 6.92 Å². The molecule has 4 heteroatoms. The fourth-order valence-corrected chi connectivity index (χ4v) is 1.48. The molecule has 13 heavy (non-hydrogen) atoms. The van der Waals surface area contributed by atoms with Gasteiger partial charge in [-0.3, -0.25) is 0 Å². The summed E-state index contributed by atoms with van der Waals surface area (Å²) in [5.41, 5.74) is 0. The molecule has 2 unspecified atom stereocenters. The maximum Gasteiger partial charge on any atom is 0.231 e. The molecule has 0 aliphatic heterocycles. The summed E-state index contributed by atoms with van der Waals surface area (Å²) in [7, 11) is 1.95. The van der Waals surface area contributed by atoms with Crippen LogP contribution < -0.4 is 5.32 Å². The van der Waals surface area contributed by atoms with Crippen molar-refractivity contribution in [1.82, 2.24) is 15.5 Å². The minimum absolute atomic E-state index is 0.274. The number of aromatic nitrogens is 2. The Balaban J connectivity index is 2.71. The molecule has 1 heterocycles. The van der Waals surface area contributed by atoms with Gasteiger partial charge in [-0.15, -0.1) is 0 Å². The van der Waals surface area contributed by atoms with Crippen molar-refractivity contribution in [3.63, 3.8) is 0 Å². The van der Waals surface area contributed by atoms with E-state index < -0.39 is 0 Å². The number of rotatable bonds is 4. The van der Waals surface area contributed by atoms with Crippen LogP contribution in [0.3, 0.4) is 0 Å². The molecule has 1 N–H and O–H groups in total. The molecule has 0 aromatic carbocycles. The van der Waals surface area contributed by atoms with Gasteiger partial charge in [-0.25, -0.2) is 0 Å². The molecule has 74 valence electrons. The number of aryl methyl sites for hydroxylation is 1. The molecule has 0 spiro atoms. The Morgan fingerprint density at radius 2 is 2.23 bits per heavy atom. The molecule has 4 nitrogen and oxygen atoms in total. The molecular formula is C9H17N3O. The number of nitrogens with zero attached hydrogens (tertiary/aromatic N) is 2. The predicted octanol–water partition coefficient (Wildman–Crippen LogP) is 1.48. The third-order valence-electron chi connectivity index (χ3n) is 2.35. The average molecular weight is 183 g/mol. The Morgan fingerprint density at radius 1 is 1.54 bits per heavy atom. The van der Waals surface area contributed by atoms with E-state index in [4.69, 9.17) is 4.52 Å². The highest BCUT2D eigenvalue weighted by Crippen LogP contribution is 2.18. The third-order valence-corrected chi connectivity index (χ3v) is 2.35. The predicted molar refractivity (Wildman–Crippen MR) is 50.6 cm³/mol. The monoisotopic (exact) mass is 183 g/mol. The zero-order valence-corrected chi connectivity index (χ0v) is 8.66. The second-order valence-corrected chi connectivity index (χ2v) is 3.27. The van der Waals surface area contributed by atoms with Crippen molar-refractivity contribution in [2.45, 2.75) is 39.2 Å². The Morgan fingerprint density at radius 3 is 2.62 bits per heavy atom. The van der Waals surface area contributed by atoms with E-state index >= 15 is 0 Å². The molecule has 0 amide bonds. The smallest absolute Gasteiger partial charge is 0.231 e. The summed E-state index contributed by atoms with van der Waals surface area (Å²) in [5.74, 6) is 1.70. The van der Waals surface area contributed by atoms with Crippen molar-refractivity contribution < 1.29 is 4.52 Å². The molecule has 2 atom stereocenters. The van der Waals surface area contributed by atoms with Crippen molar-refractivity contribution in [2.24, 2.45) is 0 Å². The van der Waals surface area contributed by atoms with Gasteiger partial charge in [0, 0.05) is 6.04 Å². The molecule has 1 aromatic rings. The van der Waals surface area contributed by atoms with Gasteiger partial charge < -0.3 is 9.84 Å². The van der Waals surface area contributed by atoms with E-state index in [0.29, 0.717) is 11.9 Å². The van der Waals surface area contributed by atoms with E-state index in [-0.39, 0.29) is 5.92 Å². The Labute approximate surface area is 78.7 Å². The van der Waals surface area contributed by atoms with E-state index in [2.05, 4.69) is 29.3 Å². The highest BCUT2D eigenvalue weighted by Gasteiger charge is 2.20. The summed E-state index contributed by atoms with van der Waals surface area (Å²) in [6.45, 7) is 6.07. The van der Waals surface area contributed by atoms with E-state index in [1.165, 1.54) is 0 Å². The summed E-state index contributed by atoms with van der Waals surface area (Å²) in [4.78, 5) is 4.21. The molecule has 0 bridgehead atoms. The van der Waals surface area contributed by atoms with Crippen LogP contribution in [0.1, 0.15) is 37.9 Å². The van der Waals surface area contributed by atoms with Crippen LogP contribution in [0.5, 0.6) is 0 Å². The van der Waals surface area contributed by atoms with Crippen LogP contribution in [0.15, 0.2) is 4.52 Å². The van der Waals surface area contributed by atoms with Gasteiger partial charge in [-0.1, -0.05) is 19.0 Å². The van der Waals surface area contributed by atoms with Crippen molar-refractivity contribution >= 4 is 0 Å². The van der Waals surface area contributed by atoms with E-state index in [1.807, 2.05) is 14.0 Å². The molecule has 0 aliphatic rings. The average Bonchev–Trinajstić information content (AvgIpc) is 2.54. The highest BCUT2D eigenvalue weighted by molar-refractivity contribution is 4.95. The minimum Gasteiger partial charge on any atom is -0.339 e. The van der Waals surface area contributed by atoms with Crippen LogP contribution in [-0.2, 0) is 0 Å². The lowest BCUT2D eigenvalue weighted by Crippen LogP contribution is -2.30. The molecule has 0 radical (unpaired) electrons. The number of hydrogen-bond donors (Lipinski definition) is 1. The zero-order chi connectivity index (χ0) is 9.84. The van der Waals surface area contributed by atoms with Gasteiger partial charge in [0.05, 0.1) is 5.92 Å². The fraction of sp³-hybridized carbons (Fsp3) is 0.778. The van der Waals surface area contributed by atoms with Crippen LogP contribution >= 0.6 is 0 Å². The first-order valence-electron chi connectivity index (χ1n) is 4.66. The van der Waals surface area contributed by atoms with Crippen molar-refractivity contribution in [1.29, 1.82) is 0 Å². The van der Waals surface area contributed by atoms with Gasteiger partial charge in [0.1, 0.15) is 0 Å². The van der Waals surface area contributed by atoms with Gasteiger partial charge >= 0.3 is 0 Å². The molecule has 1 rings (SSSR count). The number of hydrogen-bond acceptors (Lipinski definition) is 4. The highest BCUT2D eigenvalue weighted by atomic mass is 16.5. The molecule has 0 fully saturated rings. The Hall–Kier alpha value is -0.900. The van der Waals surface area contributed by atoms with E-state index in [9.17, 15) is 0 Å². The largest absolute Gasteiger partial charge is 0.339 e. The van der Waals surface area contributed by atoms with E-state index in [1.54, 1.807) is 0 Å². The number of likely N-dealkylation sites (N-methyl/N-ethyl adjacent to an activating group) is 1. The molecular weight excluding hydrogens is 166 g/mol. The van der Waals surface area contributed by atoms with Crippen LogP contribution in [0.4, 0.5) is 0 Å². The number of nitrogens with one attached hydrogen (secondary N) is 1. The lowest BCUT2D eigenvalue weighted by molar-refractivity contribution is 0.324. The Kier molecular flexibility index (Phi) is 3.42. The van der Waals surface area contributed by atoms with Crippen molar-refractivity contribution in [3.8, 4) is 0 Å². The topological polar surface area (TPSA) is 51.0 Å². The quantitative estimate of drug-likeness (QED) is 0.768. The SMILES string of the molecule is CCC(NC)C(C)c1nc(C)no1. The molecule has 0 saturated carbocycles. The summed E-state index contributed by atoms with van der Waals surface area (Å²) in [6, 6.07) is 0.403. The minimum atomic E-state index is 0.274. The maximum atomic E-state index is 5.11. The van der Waals surface area contributed by atoms with Crippen molar-refractivity contribution in [2.75, 3.05) is 7.05 Å². The third kappa shape index (κ3) is 2.28. The first-order valence-corrected chi connectivity index (χ1v) is 4.66. The molecule has 1 aromatic heterocycles. The summed E-state index contributed by atoms with van der Waals surface area (Å²) < 4.78 is 5.11. The van der Waals surface area contributed by atoms with Gasteiger partial charge in [-0.2, -0.15) is 4.98 Å².